The highest BCUT2D eigenvalue weighted by Crippen LogP contribution is 2.38. The zero-order valence-corrected chi connectivity index (χ0v) is 19.2. The number of amides is 1. The van der Waals surface area contributed by atoms with Crippen LogP contribution in [0.4, 0.5) is 4.39 Å². The van der Waals surface area contributed by atoms with Crippen LogP contribution < -0.4 is 0 Å². The van der Waals surface area contributed by atoms with Crippen LogP contribution in [-0.2, 0) is 4.79 Å². The third-order valence-corrected chi connectivity index (χ3v) is 6.47. The first kappa shape index (κ1) is 22.7. The molecule has 0 unspecified atom stereocenters. The Morgan fingerprint density at radius 1 is 0.970 bits per heavy atom. The molecular formula is C25H24FN5OS. The fourth-order valence-electron chi connectivity index (χ4n) is 3.55. The number of pyridine rings is 1. The Bertz CT molecular complexity index is 1190. The summed E-state index contributed by atoms with van der Waals surface area (Å²) >= 11 is 1.34. The van der Waals surface area contributed by atoms with E-state index < -0.39 is 5.25 Å². The second-order valence-corrected chi connectivity index (χ2v) is 8.35. The largest absolute Gasteiger partial charge is 0.342 e. The summed E-state index contributed by atoms with van der Waals surface area (Å²) in [5, 5.41) is 8.91. The first-order valence-corrected chi connectivity index (χ1v) is 11.6. The van der Waals surface area contributed by atoms with Crippen LogP contribution in [0.3, 0.4) is 0 Å². The number of nitrogens with zero attached hydrogens (tertiary/aromatic N) is 5. The van der Waals surface area contributed by atoms with Crippen LogP contribution in [0, 0.1) is 5.82 Å². The molecule has 6 nitrogen and oxygen atoms in total. The molecule has 0 N–H and O–H groups in total. The van der Waals surface area contributed by atoms with E-state index in [1.54, 1.807) is 24.5 Å². The molecular weight excluding hydrogens is 437 g/mol. The summed E-state index contributed by atoms with van der Waals surface area (Å²) < 4.78 is 15.5. The molecule has 0 aliphatic heterocycles. The molecule has 0 bridgehead atoms. The van der Waals surface area contributed by atoms with E-state index in [0.717, 1.165) is 11.1 Å². The molecule has 0 radical (unpaired) electrons. The molecule has 0 aliphatic rings. The van der Waals surface area contributed by atoms with Crippen molar-refractivity contribution < 1.29 is 9.18 Å². The van der Waals surface area contributed by atoms with Crippen molar-refractivity contribution in [2.45, 2.75) is 24.3 Å². The fourth-order valence-corrected chi connectivity index (χ4v) is 4.69. The summed E-state index contributed by atoms with van der Waals surface area (Å²) in [4.78, 5) is 19.4. The summed E-state index contributed by atoms with van der Waals surface area (Å²) in [6.07, 6.45) is 3.37. The topological polar surface area (TPSA) is 63.9 Å². The van der Waals surface area contributed by atoms with Crippen LogP contribution in [0.5, 0.6) is 0 Å². The molecule has 0 saturated carbocycles. The van der Waals surface area contributed by atoms with Gasteiger partial charge in [0.05, 0.1) is 0 Å². The second-order valence-electron chi connectivity index (χ2n) is 7.27. The summed E-state index contributed by atoms with van der Waals surface area (Å²) in [6.45, 7) is 5.17. The van der Waals surface area contributed by atoms with Crippen molar-refractivity contribution in [2.75, 3.05) is 13.1 Å². The molecule has 1 atom stereocenters. The first-order valence-electron chi connectivity index (χ1n) is 10.7. The van der Waals surface area contributed by atoms with E-state index in [1.165, 1.54) is 23.9 Å². The molecule has 4 rings (SSSR count). The maximum Gasteiger partial charge on any atom is 0.240 e. The van der Waals surface area contributed by atoms with Crippen LogP contribution in [0.2, 0.25) is 0 Å². The Labute approximate surface area is 196 Å². The standard InChI is InChI=1S/C25H24FN5OS/c1-3-30(4-2)24(32)22(18-8-6-5-7-9-18)33-25-29-28-23(19-14-16-27-17-15-19)31(25)21-12-10-20(26)11-13-21/h5-17,22H,3-4H2,1-2H3/t22-/m0/s1. The highest BCUT2D eigenvalue weighted by molar-refractivity contribution is 8.00. The lowest BCUT2D eigenvalue weighted by molar-refractivity contribution is -0.130. The fraction of sp³-hybridized carbons (Fsp3) is 0.200. The molecule has 4 aromatic rings. The van der Waals surface area contributed by atoms with Gasteiger partial charge in [-0.25, -0.2) is 4.39 Å². The minimum atomic E-state index is -0.500. The molecule has 2 aromatic heterocycles. The smallest absolute Gasteiger partial charge is 0.240 e. The number of halogens is 1. The summed E-state index contributed by atoms with van der Waals surface area (Å²) in [5.41, 5.74) is 2.41. The number of aromatic nitrogens is 4. The molecule has 0 aliphatic carbocycles. The van der Waals surface area contributed by atoms with Gasteiger partial charge in [-0.1, -0.05) is 42.1 Å². The Balaban J connectivity index is 1.82. The van der Waals surface area contributed by atoms with E-state index in [2.05, 4.69) is 15.2 Å². The van der Waals surface area contributed by atoms with Gasteiger partial charge in [0.15, 0.2) is 11.0 Å². The van der Waals surface area contributed by atoms with Gasteiger partial charge < -0.3 is 4.90 Å². The van der Waals surface area contributed by atoms with Gasteiger partial charge in [0, 0.05) is 36.7 Å². The number of benzene rings is 2. The van der Waals surface area contributed by atoms with Crippen molar-refractivity contribution in [2.24, 2.45) is 0 Å². The Kier molecular flexibility index (Phi) is 7.14. The number of carbonyl (C=O) groups is 1. The lowest BCUT2D eigenvalue weighted by Crippen LogP contribution is -2.34. The average Bonchev–Trinajstić information content (AvgIpc) is 3.28. The lowest BCUT2D eigenvalue weighted by atomic mass is 10.1. The maximum atomic E-state index is 13.7. The number of thioether (sulfide) groups is 1. The molecule has 2 aromatic carbocycles. The van der Waals surface area contributed by atoms with E-state index in [-0.39, 0.29) is 11.7 Å². The van der Waals surface area contributed by atoms with Crippen LogP contribution in [0.15, 0.2) is 84.3 Å². The highest BCUT2D eigenvalue weighted by atomic mass is 32.2. The molecule has 0 spiro atoms. The van der Waals surface area contributed by atoms with Crippen molar-refractivity contribution >= 4 is 17.7 Å². The van der Waals surface area contributed by atoms with Gasteiger partial charge in [-0.2, -0.15) is 0 Å². The van der Waals surface area contributed by atoms with Crippen molar-refractivity contribution in [3.05, 3.63) is 90.5 Å². The Morgan fingerprint density at radius 2 is 1.64 bits per heavy atom. The van der Waals surface area contributed by atoms with Gasteiger partial charge in [-0.3, -0.25) is 14.3 Å². The molecule has 1 amide bonds. The predicted molar refractivity (Wildman–Crippen MR) is 128 cm³/mol. The third-order valence-electron chi connectivity index (χ3n) is 5.28. The van der Waals surface area contributed by atoms with Crippen LogP contribution in [-0.4, -0.2) is 43.6 Å². The Hall–Kier alpha value is -3.52. The second kappa shape index (κ2) is 10.4. The molecule has 8 heteroatoms. The van der Waals surface area contributed by atoms with Crippen molar-refractivity contribution in [3.63, 3.8) is 0 Å². The molecule has 2 heterocycles. The molecule has 33 heavy (non-hydrogen) atoms. The number of hydrogen-bond acceptors (Lipinski definition) is 5. The van der Waals surface area contributed by atoms with Gasteiger partial charge in [-0.05, 0) is 55.8 Å². The van der Waals surface area contributed by atoms with E-state index in [0.29, 0.717) is 29.8 Å². The average molecular weight is 462 g/mol. The first-order chi connectivity index (χ1) is 16.1. The van der Waals surface area contributed by atoms with E-state index >= 15 is 0 Å². The van der Waals surface area contributed by atoms with Crippen molar-refractivity contribution in [3.8, 4) is 17.1 Å². The number of hydrogen-bond donors (Lipinski definition) is 0. The molecule has 0 saturated heterocycles. The monoisotopic (exact) mass is 461 g/mol. The summed E-state index contributed by atoms with van der Waals surface area (Å²) in [6, 6.07) is 19.5. The number of carbonyl (C=O) groups excluding carboxylic acids is 1. The zero-order chi connectivity index (χ0) is 23.2. The lowest BCUT2D eigenvalue weighted by Gasteiger charge is -2.25. The summed E-state index contributed by atoms with van der Waals surface area (Å²) in [7, 11) is 0. The minimum Gasteiger partial charge on any atom is -0.342 e. The SMILES string of the molecule is CCN(CC)C(=O)[C@@H](Sc1nnc(-c2ccncc2)n1-c1ccc(F)cc1)c1ccccc1. The minimum absolute atomic E-state index is 0.00955. The third kappa shape index (κ3) is 4.96. The van der Waals surface area contributed by atoms with Crippen LogP contribution in [0.1, 0.15) is 24.7 Å². The van der Waals surface area contributed by atoms with E-state index in [9.17, 15) is 9.18 Å². The Morgan fingerprint density at radius 3 is 2.27 bits per heavy atom. The van der Waals surface area contributed by atoms with Gasteiger partial charge in [0.25, 0.3) is 0 Å². The van der Waals surface area contributed by atoms with Crippen molar-refractivity contribution in [1.29, 1.82) is 0 Å². The van der Waals surface area contributed by atoms with Crippen molar-refractivity contribution in [1.82, 2.24) is 24.6 Å². The van der Waals surface area contributed by atoms with Gasteiger partial charge in [0.1, 0.15) is 11.1 Å². The van der Waals surface area contributed by atoms with Gasteiger partial charge in [-0.15, -0.1) is 10.2 Å². The number of rotatable bonds is 8. The van der Waals surface area contributed by atoms with Gasteiger partial charge in [0.2, 0.25) is 5.91 Å². The van der Waals surface area contributed by atoms with Gasteiger partial charge >= 0.3 is 0 Å². The van der Waals surface area contributed by atoms with Crippen LogP contribution >= 0.6 is 11.8 Å². The predicted octanol–water partition coefficient (Wildman–Crippen LogP) is 5.17. The number of likely N-dealkylation sites (N-methyl/N-ethyl adjacent to an activating group) is 1. The highest BCUT2D eigenvalue weighted by Gasteiger charge is 2.29. The molecule has 168 valence electrons. The van der Waals surface area contributed by atoms with E-state index in [4.69, 9.17) is 0 Å². The quantitative estimate of drug-likeness (QED) is 0.339. The van der Waals surface area contributed by atoms with Crippen LogP contribution in [0.25, 0.3) is 17.1 Å². The zero-order valence-electron chi connectivity index (χ0n) is 18.4. The molecule has 0 fully saturated rings. The van der Waals surface area contributed by atoms with E-state index in [1.807, 2.05) is 65.8 Å². The maximum absolute atomic E-state index is 13.7. The normalized spacial score (nSPS) is 11.8. The summed E-state index contributed by atoms with van der Waals surface area (Å²) in [5.74, 6) is 0.272.